The lowest BCUT2D eigenvalue weighted by Crippen LogP contribution is -2.51. The number of nitrogens with zero attached hydrogens (tertiary/aromatic N) is 3. The third-order valence-electron chi connectivity index (χ3n) is 5.06. The van der Waals surface area contributed by atoms with Crippen molar-refractivity contribution in [2.45, 2.75) is 57.3 Å². The number of fused-ring (bicyclic) bond motifs is 2. The highest BCUT2D eigenvalue weighted by atomic mass is 19.4. The molecule has 2 saturated carbocycles. The van der Waals surface area contributed by atoms with E-state index in [2.05, 4.69) is 16.9 Å². The predicted molar refractivity (Wildman–Crippen MR) is 67.5 cm³/mol. The van der Waals surface area contributed by atoms with Crippen molar-refractivity contribution in [1.82, 2.24) is 0 Å². The van der Waals surface area contributed by atoms with Gasteiger partial charge in [0.2, 0.25) is 5.72 Å². The van der Waals surface area contributed by atoms with Gasteiger partial charge >= 0.3 is 6.18 Å². The molecule has 2 rings (SSSR count). The maximum atomic E-state index is 13.1. The Morgan fingerprint density at radius 3 is 2.40 bits per heavy atom. The molecule has 2 aliphatic rings. The van der Waals surface area contributed by atoms with Crippen molar-refractivity contribution in [2.75, 3.05) is 0 Å². The molecule has 4 nitrogen and oxygen atoms in total. The second-order valence-corrected chi connectivity index (χ2v) is 6.15. The van der Waals surface area contributed by atoms with E-state index in [1.54, 1.807) is 0 Å². The number of hydrogen-bond acceptors (Lipinski definition) is 2. The van der Waals surface area contributed by atoms with Gasteiger partial charge in [0.05, 0.1) is 0 Å². The molecule has 0 aromatic heterocycles. The Morgan fingerprint density at radius 1 is 1.25 bits per heavy atom. The molecular weight excluding hydrogens is 271 g/mol. The summed E-state index contributed by atoms with van der Waals surface area (Å²) >= 11 is 0. The highest BCUT2D eigenvalue weighted by Crippen LogP contribution is 2.59. The predicted octanol–water partition coefficient (Wildman–Crippen LogP) is 4.40. The Bertz CT molecular complexity index is 408. The number of aliphatic hydroxyl groups is 1. The van der Waals surface area contributed by atoms with E-state index < -0.39 is 17.8 Å². The van der Waals surface area contributed by atoms with Crippen molar-refractivity contribution in [1.29, 1.82) is 0 Å². The van der Waals surface area contributed by atoms with Crippen LogP contribution in [-0.4, -0.2) is 17.0 Å². The van der Waals surface area contributed by atoms with Gasteiger partial charge in [0, 0.05) is 10.8 Å². The largest absolute Gasteiger partial charge is 0.423 e. The molecule has 0 radical (unpaired) electrons. The summed E-state index contributed by atoms with van der Waals surface area (Å²) in [4.78, 5) is 2.23. The van der Waals surface area contributed by atoms with E-state index in [0.29, 0.717) is 18.8 Å². The first-order chi connectivity index (χ1) is 9.33. The van der Waals surface area contributed by atoms with Crippen LogP contribution in [0.3, 0.4) is 0 Å². The molecule has 0 aromatic carbocycles. The molecule has 7 heteroatoms. The first-order valence-electron chi connectivity index (χ1n) is 7.18. The van der Waals surface area contributed by atoms with E-state index >= 15 is 0 Å². The van der Waals surface area contributed by atoms with E-state index in [9.17, 15) is 18.3 Å². The van der Waals surface area contributed by atoms with Crippen LogP contribution in [0.4, 0.5) is 13.2 Å². The molecule has 5 atom stereocenters. The Balaban J connectivity index is 2.12. The second-order valence-electron chi connectivity index (χ2n) is 6.15. The van der Waals surface area contributed by atoms with Crippen LogP contribution in [0.1, 0.15) is 45.4 Å². The van der Waals surface area contributed by atoms with E-state index in [1.165, 1.54) is 0 Å². The van der Waals surface area contributed by atoms with Gasteiger partial charge in [0.25, 0.3) is 0 Å². The fourth-order valence-electron chi connectivity index (χ4n) is 4.12. The summed E-state index contributed by atoms with van der Waals surface area (Å²) in [6.45, 7) is 2.10. The lowest BCUT2D eigenvalue weighted by Gasteiger charge is -2.38. The summed E-state index contributed by atoms with van der Waals surface area (Å²) in [7, 11) is 0. The van der Waals surface area contributed by atoms with Crippen LogP contribution < -0.4 is 0 Å². The zero-order valence-corrected chi connectivity index (χ0v) is 11.5. The van der Waals surface area contributed by atoms with Crippen LogP contribution in [0.5, 0.6) is 0 Å². The van der Waals surface area contributed by atoms with Gasteiger partial charge < -0.3 is 5.11 Å². The van der Waals surface area contributed by atoms with Crippen LogP contribution >= 0.6 is 0 Å². The zero-order chi connectivity index (χ0) is 15.0. The summed E-state index contributed by atoms with van der Waals surface area (Å²) in [5, 5.41) is 12.6. The molecule has 1 N–H and O–H groups in total. The molecule has 0 aromatic rings. The molecule has 20 heavy (non-hydrogen) atoms. The van der Waals surface area contributed by atoms with Crippen LogP contribution in [0.2, 0.25) is 0 Å². The Morgan fingerprint density at radius 2 is 1.95 bits per heavy atom. The van der Waals surface area contributed by atoms with E-state index in [-0.39, 0.29) is 11.8 Å². The molecule has 0 aliphatic heterocycles. The highest BCUT2D eigenvalue weighted by Gasteiger charge is 2.64. The Hall–Kier alpha value is -0.940. The van der Waals surface area contributed by atoms with Gasteiger partial charge in [-0.05, 0) is 47.7 Å². The van der Waals surface area contributed by atoms with Crippen LogP contribution in [0, 0.1) is 23.7 Å². The summed E-state index contributed by atoms with van der Waals surface area (Å²) in [6.07, 6.45) is 0.0751. The molecule has 0 saturated heterocycles. The average Bonchev–Trinajstić information content (AvgIpc) is 2.94. The maximum absolute atomic E-state index is 13.1. The Labute approximate surface area is 116 Å². The van der Waals surface area contributed by atoms with E-state index in [0.717, 1.165) is 25.7 Å². The fourth-order valence-corrected chi connectivity index (χ4v) is 4.12. The Kier molecular flexibility index (Phi) is 4.21. The van der Waals surface area contributed by atoms with Crippen molar-refractivity contribution in [3.8, 4) is 0 Å². The SMILES string of the molecule is CCCCC1CC2CC1CC2C(O)(N=[N+]=[N-])C(F)(F)F. The van der Waals surface area contributed by atoms with Gasteiger partial charge in [-0.1, -0.05) is 26.2 Å². The van der Waals surface area contributed by atoms with Crippen molar-refractivity contribution >= 4 is 0 Å². The van der Waals surface area contributed by atoms with E-state index in [1.807, 2.05) is 0 Å². The smallest absolute Gasteiger partial charge is 0.376 e. The van der Waals surface area contributed by atoms with Gasteiger partial charge in [0.15, 0.2) is 0 Å². The first kappa shape index (κ1) is 15.4. The van der Waals surface area contributed by atoms with Gasteiger partial charge in [-0.15, -0.1) is 0 Å². The molecule has 0 spiro atoms. The first-order valence-corrected chi connectivity index (χ1v) is 7.18. The molecule has 0 amide bonds. The molecule has 2 bridgehead atoms. The summed E-state index contributed by atoms with van der Waals surface area (Å²) < 4.78 is 39.2. The van der Waals surface area contributed by atoms with E-state index in [4.69, 9.17) is 5.53 Å². The fraction of sp³-hybridized carbons (Fsp3) is 1.00. The minimum atomic E-state index is -4.91. The summed E-state index contributed by atoms with van der Waals surface area (Å²) in [5.41, 5.74) is 5.12. The molecule has 0 heterocycles. The molecule has 114 valence electrons. The topological polar surface area (TPSA) is 69.0 Å². The van der Waals surface area contributed by atoms with Gasteiger partial charge in [0.1, 0.15) is 0 Å². The number of hydrogen-bond donors (Lipinski definition) is 1. The maximum Gasteiger partial charge on any atom is 0.423 e. The zero-order valence-electron chi connectivity index (χ0n) is 11.5. The molecule has 2 aliphatic carbocycles. The third kappa shape index (κ3) is 2.49. The summed E-state index contributed by atoms with van der Waals surface area (Å²) in [6, 6.07) is 0. The number of halogens is 3. The van der Waals surface area contributed by atoms with Gasteiger partial charge in [-0.3, -0.25) is 0 Å². The molecule has 2 fully saturated rings. The van der Waals surface area contributed by atoms with Crippen LogP contribution in [-0.2, 0) is 0 Å². The van der Waals surface area contributed by atoms with Crippen LogP contribution in [0.25, 0.3) is 10.4 Å². The molecule has 5 unspecified atom stereocenters. The quantitative estimate of drug-likeness (QED) is 0.455. The molecular formula is C13H20F3N3O. The second kappa shape index (κ2) is 5.45. The van der Waals surface area contributed by atoms with Gasteiger partial charge in [-0.2, -0.15) is 13.2 Å². The van der Waals surface area contributed by atoms with Crippen molar-refractivity contribution < 1.29 is 18.3 Å². The lowest BCUT2D eigenvalue weighted by atomic mass is 9.75. The lowest BCUT2D eigenvalue weighted by molar-refractivity contribution is -0.282. The van der Waals surface area contributed by atoms with Crippen molar-refractivity contribution in [3.05, 3.63) is 10.4 Å². The standard InChI is InChI=1S/C13H20F3N3O/c1-2-3-4-8-5-10-6-9(8)7-11(10)12(20,18-19-17)13(14,15)16/h8-11,20H,2-7H2,1H3. The minimum Gasteiger partial charge on any atom is -0.376 e. The number of azide groups is 1. The third-order valence-corrected chi connectivity index (χ3v) is 5.06. The number of rotatable bonds is 5. The average molecular weight is 291 g/mol. The summed E-state index contributed by atoms with van der Waals surface area (Å²) in [5.74, 6) is -0.459. The monoisotopic (exact) mass is 291 g/mol. The number of alkyl halides is 3. The van der Waals surface area contributed by atoms with Crippen LogP contribution in [0.15, 0.2) is 5.11 Å². The minimum absolute atomic E-state index is 0.181. The number of unbranched alkanes of at least 4 members (excludes halogenated alkanes) is 1. The normalized spacial score (nSPS) is 35.6. The van der Waals surface area contributed by atoms with Crippen molar-refractivity contribution in [2.24, 2.45) is 28.8 Å². The van der Waals surface area contributed by atoms with Gasteiger partial charge in [-0.25, -0.2) is 0 Å². The van der Waals surface area contributed by atoms with Crippen molar-refractivity contribution in [3.63, 3.8) is 0 Å². The highest BCUT2D eigenvalue weighted by molar-refractivity contribution is 5.04.